The Hall–Kier alpha value is -2.42. The van der Waals surface area contributed by atoms with E-state index in [4.69, 9.17) is 5.26 Å². The van der Waals surface area contributed by atoms with Gasteiger partial charge >= 0.3 is 5.97 Å². The summed E-state index contributed by atoms with van der Waals surface area (Å²) in [5.41, 5.74) is 0.581. The number of ether oxygens (including phenoxy) is 1. The average molecular weight is 248 g/mol. The van der Waals surface area contributed by atoms with Gasteiger partial charge in [0, 0.05) is 5.56 Å². The predicted molar refractivity (Wildman–Crippen MR) is 62.9 cm³/mol. The quantitative estimate of drug-likeness (QED) is 0.459. The van der Waals surface area contributed by atoms with Crippen molar-refractivity contribution in [2.24, 2.45) is 0 Å². The summed E-state index contributed by atoms with van der Waals surface area (Å²) in [6, 6.07) is 4.80. The molecule has 0 fully saturated rings. The van der Waals surface area contributed by atoms with E-state index in [1.54, 1.807) is 12.1 Å². The summed E-state index contributed by atoms with van der Waals surface area (Å²) < 4.78 is 4.52. The molecule has 0 aliphatic rings. The molecule has 6 nitrogen and oxygen atoms in total. The van der Waals surface area contributed by atoms with Gasteiger partial charge in [0.25, 0.3) is 5.69 Å². The van der Waals surface area contributed by atoms with Crippen molar-refractivity contribution in [2.75, 3.05) is 7.11 Å². The molecule has 1 aromatic rings. The highest BCUT2D eigenvalue weighted by atomic mass is 16.6. The van der Waals surface area contributed by atoms with Crippen LogP contribution in [0, 0.1) is 21.4 Å². The minimum absolute atomic E-state index is 0.0453. The zero-order valence-corrected chi connectivity index (χ0v) is 10.1. The Bertz CT molecular complexity index is 532. The molecule has 0 heterocycles. The molecular weight excluding hydrogens is 236 g/mol. The van der Waals surface area contributed by atoms with Crippen LogP contribution in [0.1, 0.15) is 23.6 Å². The number of carbonyl (C=O) groups excluding carboxylic acids is 1. The summed E-state index contributed by atoms with van der Waals surface area (Å²) in [5.74, 6) is -0.567. The second-order valence-electron chi connectivity index (χ2n) is 3.57. The second-order valence-corrected chi connectivity index (χ2v) is 3.57. The normalized spacial score (nSPS) is 9.61. The van der Waals surface area contributed by atoms with Gasteiger partial charge in [-0.3, -0.25) is 14.9 Å². The van der Waals surface area contributed by atoms with E-state index >= 15 is 0 Å². The van der Waals surface area contributed by atoms with E-state index in [9.17, 15) is 14.9 Å². The maximum absolute atomic E-state index is 11.3. The van der Waals surface area contributed by atoms with E-state index in [2.05, 4.69) is 4.74 Å². The van der Waals surface area contributed by atoms with Crippen LogP contribution in [0.3, 0.4) is 0 Å². The third-order valence-corrected chi connectivity index (χ3v) is 2.61. The third-order valence-electron chi connectivity index (χ3n) is 2.61. The molecule has 6 heteroatoms. The number of methoxy groups -OCH3 is 1. The molecule has 0 unspecified atom stereocenters. The van der Waals surface area contributed by atoms with E-state index in [-0.39, 0.29) is 23.2 Å². The lowest BCUT2D eigenvalue weighted by molar-refractivity contribution is -0.385. The Morgan fingerprint density at radius 2 is 2.22 bits per heavy atom. The van der Waals surface area contributed by atoms with Crippen LogP contribution in [0.4, 0.5) is 5.69 Å². The topological polar surface area (TPSA) is 93.2 Å². The van der Waals surface area contributed by atoms with Crippen molar-refractivity contribution in [3.63, 3.8) is 0 Å². The van der Waals surface area contributed by atoms with Crippen molar-refractivity contribution in [3.05, 3.63) is 38.9 Å². The molecule has 0 aliphatic carbocycles. The predicted octanol–water partition coefficient (Wildman–Crippen LogP) is 1.74. The first-order chi connectivity index (χ1) is 8.54. The molecule has 0 amide bonds. The zero-order valence-electron chi connectivity index (χ0n) is 10.1. The summed E-state index contributed by atoms with van der Waals surface area (Å²) in [5, 5.41) is 19.9. The number of rotatable bonds is 4. The van der Waals surface area contributed by atoms with Crippen molar-refractivity contribution < 1.29 is 14.5 Å². The van der Waals surface area contributed by atoms with Crippen molar-refractivity contribution in [1.29, 1.82) is 5.26 Å². The van der Waals surface area contributed by atoms with Crippen molar-refractivity contribution in [3.8, 4) is 6.07 Å². The van der Waals surface area contributed by atoms with E-state index in [1.807, 2.05) is 6.92 Å². The Morgan fingerprint density at radius 1 is 1.56 bits per heavy atom. The van der Waals surface area contributed by atoms with Crippen LogP contribution in [0.25, 0.3) is 0 Å². The fraction of sp³-hybridized carbons (Fsp3) is 0.333. The minimum Gasteiger partial charge on any atom is -0.469 e. The van der Waals surface area contributed by atoms with Crippen LogP contribution in [0.15, 0.2) is 12.1 Å². The summed E-state index contributed by atoms with van der Waals surface area (Å²) in [6.07, 6.45) is 0.338. The van der Waals surface area contributed by atoms with Gasteiger partial charge in [-0.25, -0.2) is 0 Å². The Labute approximate surface area is 104 Å². The Kier molecular flexibility index (Phi) is 4.38. The molecule has 0 bridgehead atoms. The summed E-state index contributed by atoms with van der Waals surface area (Å²) >= 11 is 0. The largest absolute Gasteiger partial charge is 0.469 e. The first kappa shape index (κ1) is 13.6. The number of aryl methyl sites for hydroxylation is 1. The summed E-state index contributed by atoms with van der Waals surface area (Å²) in [6.45, 7) is 1.83. The van der Waals surface area contributed by atoms with Gasteiger partial charge < -0.3 is 4.74 Å². The highest BCUT2D eigenvalue weighted by Gasteiger charge is 2.24. The number of esters is 1. The molecule has 0 aliphatic heterocycles. The maximum Gasteiger partial charge on any atom is 0.310 e. The highest BCUT2D eigenvalue weighted by Crippen LogP contribution is 2.28. The summed E-state index contributed by atoms with van der Waals surface area (Å²) in [7, 11) is 1.22. The van der Waals surface area contributed by atoms with Crippen LogP contribution >= 0.6 is 0 Å². The van der Waals surface area contributed by atoms with Crippen molar-refractivity contribution >= 4 is 11.7 Å². The molecule has 0 saturated heterocycles. The van der Waals surface area contributed by atoms with E-state index < -0.39 is 10.9 Å². The number of hydrogen-bond donors (Lipinski definition) is 0. The molecular formula is C12H12N2O4. The Balaban J connectivity index is 3.46. The number of nitriles is 1. The molecule has 0 aromatic heterocycles. The van der Waals surface area contributed by atoms with Gasteiger partial charge in [-0.1, -0.05) is 13.0 Å². The molecule has 1 rings (SSSR count). The average Bonchev–Trinajstić information content (AvgIpc) is 2.37. The van der Waals surface area contributed by atoms with Gasteiger partial charge in [-0.15, -0.1) is 0 Å². The molecule has 0 atom stereocenters. The number of benzene rings is 1. The van der Waals surface area contributed by atoms with Crippen LogP contribution in [0.2, 0.25) is 0 Å². The molecule has 0 spiro atoms. The minimum atomic E-state index is -0.629. The highest BCUT2D eigenvalue weighted by molar-refractivity contribution is 5.76. The van der Waals surface area contributed by atoms with Gasteiger partial charge in [0.15, 0.2) is 0 Å². The van der Waals surface area contributed by atoms with Crippen LogP contribution in [0.5, 0.6) is 0 Å². The zero-order chi connectivity index (χ0) is 13.7. The molecule has 0 saturated carbocycles. The molecule has 1 aromatic carbocycles. The van der Waals surface area contributed by atoms with Gasteiger partial charge in [0.05, 0.1) is 18.5 Å². The number of carbonyl (C=O) groups is 1. The number of hydrogen-bond acceptors (Lipinski definition) is 5. The van der Waals surface area contributed by atoms with Crippen molar-refractivity contribution in [2.45, 2.75) is 19.8 Å². The van der Waals surface area contributed by atoms with E-state index in [1.165, 1.54) is 13.2 Å². The van der Waals surface area contributed by atoms with Crippen LogP contribution < -0.4 is 0 Å². The lowest BCUT2D eigenvalue weighted by Crippen LogP contribution is -2.10. The number of nitrogens with zero attached hydrogens (tertiary/aromatic N) is 2. The molecule has 0 radical (unpaired) electrons. The second kappa shape index (κ2) is 5.77. The summed E-state index contributed by atoms with van der Waals surface area (Å²) in [4.78, 5) is 21.7. The standard InChI is InChI=1S/C12H12N2O4/c1-3-8-4-5-9(7-13)12(14(16)17)10(8)6-11(15)18-2/h4-5H,3,6H2,1-2H3. The molecule has 94 valence electrons. The molecule has 0 N–H and O–H groups in total. The lowest BCUT2D eigenvalue weighted by Gasteiger charge is -2.08. The van der Waals surface area contributed by atoms with Crippen LogP contribution in [-0.4, -0.2) is 18.0 Å². The monoisotopic (exact) mass is 248 g/mol. The Morgan fingerprint density at radius 3 is 2.67 bits per heavy atom. The lowest BCUT2D eigenvalue weighted by atomic mass is 9.97. The fourth-order valence-electron chi connectivity index (χ4n) is 1.72. The SMILES string of the molecule is CCc1ccc(C#N)c([N+](=O)[O-])c1CC(=O)OC. The number of nitro benzene ring substituents is 1. The smallest absolute Gasteiger partial charge is 0.310 e. The first-order valence-electron chi connectivity index (χ1n) is 5.31. The van der Waals surface area contributed by atoms with E-state index in [0.29, 0.717) is 12.0 Å². The van der Waals surface area contributed by atoms with Gasteiger partial charge in [0.2, 0.25) is 0 Å². The van der Waals surface area contributed by atoms with Gasteiger partial charge in [0.1, 0.15) is 11.6 Å². The van der Waals surface area contributed by atoms with Crippen LogP contribution in [-0.2, 0) is 22.4 Å². The van der Waals surface area contributed by atoms with Gasteiger partial charge in [-0.2, -0.15) is 5.26 Å². The van der Waals surface area contributed by atoms with Gasteiger partial charge in [-0.05, 0) is 18.1 Å². The number of nitro groups is 1. The molecule has 18 heavy (non-hydrogen) atoms. The van der Waals surface area contributed by atoms with Crippen molar-refractivity contribution in [1.82, 2.24) is 0 Å². The maximum atomic E-state index is 11.3. The first-order valence-corrected chi connectivity index (χ1v) is 5.31. The van der Waals surface area contributed by atoms with E-state index in [0.717, 1.165) is 0 Å². The third kappa shape index (κ3) is 2.63. The fourth-order valence-corrected chi connectivity index (χ4v) is 1.72.